The average molecular weight is 242 g/mol. The molecule has 16 heavy (non-hydrogen) atoms. The van der Waals surface area contributed by atoms with Crippen molar-refractivity contribution in [3.05, 3.63) is 0 Å². The summed E-state index contributed by atoms with van der Waals surface area (Å²) in [5.41, 5.74) is -0.298. The van der Waals surface area contributed by atoms with E-state index < -0.39 is 0 Å². The molecule has 2 nitrogen and oxygen atoms in total. The molecule has 0 aliphatic rings. The summed E-state index contributed by atoms with van der Waals surface area (Å²) in [6.07, 6.45) is 2.95. The van der Waals surface area contributed by atoms with Crippen LogP contribution in [0.5, 0.6) is 0 Å². The molecule has 0 aromatic heterocycles. The first-order valence-electron chi connectivity index (χ1n) is 6.19. The zero-order chi connectivity index (χ0) is 12.7. The van der Waals surface area contributed by atoms with Crippen LogP contribution in [0, 0.1) is 11.3 Å². The molecule has 0 aliphatic carbocycles. The minimum atomic E-state index is -0.298. The van der Waals surface area contributed by atoms with Gasteiger partial charge in [0.25, 0.3) is 0 Å². The van der Waals surface area contributed by atoms with Crippen LogP contribution in [0.1, 0.15) is 53.9 Å². The Kier molecular flexibility index (Phi) is 7.10. The van der Waals surface area contributed by atoms with Crippen LogP contribution in [0.25, 0.3) is 0 Å². The molecule has 0 fully saturated rings. The Bertz CT molecular complexity index is 227. The fraction of sp³-hybridized carbons (Fsp3) is 0.923. The van der Waals surface area contributed by atoms with Gasteiger partial charge in [-0.1, -0.05) is 34.6 Å². The van der Waals surface area contributed by atoms with Crippen molar-refractivity contribution in [3.63, 3.8) is 0 Å². The molecule has 0 amide bonds. The number of rotatable bonds is 7. The summed E-state index contributed by atoms with van der Waals surface area (Å²) in [6, 6.07) is 2.44. The van der Waals surface area contributed by atoms with Crippen molar-refractivity contribution in [1.82, 2.24) is 5.32 Å². The molecule has 0 aromatic rings. The van der Waals surface area contributed by atoms with E-state index in [1.54, 1.807) is 0 Å². The molecule has 0 radical (unpaired) electrons. The third-order valence-electron chi connectivity index (χ3n) is 2.62. The molecular weight excluding hydrogens is 216 g/mol. The highest BCUT2D eigenvalue weighted by molar-refractivity contribution is 8.00. The SMILES string of the molecule is CCNC(C#N)(CC)CCCSC(C)(C)C. The maximum atomic E-state index is 9.25. The molecule has 1 atom stereocenters. The van der Waals surface area contributed by atoms with E-state index in [2.05, 4.69) is 46.0 Å². The van der Waals surface area contributed by atoms with Gasteiger partial charge in [0, 0.05) is 4.75 Å². The monoisotopic (exact) mass is 242 g/mol. The number of nitrogens with zero attached hydrogens (tertiary/aromatic N) is 1. The normalized spacial score (nSPS) is 15.5. The van der Waals surface area contributed by atoms with Gasteiger partial charge in [-0.05, 0) is 31.6 Å². The summed E-state index contributed by atoms with van der Waals surface area (Å²) in [7, 11) is 0. The molecule has 0 saturated heterocycles. The van der Waals surface area contributed by atoms with Crippen LogP contribution in [-0.4, -0.2) is 22.6 Å². The first-order valence-corrected chi connectivity index (χ1v) is 7.18. The standard InChI is InChI=1S/C13H26N2S/c1-6-13(11-14,15-7-2)9-8-10-16-12(3,4)5/h15H,6-10H2,1-5H3. The first-order chi connectivity index (χ1) is 7.39. The van der Waals surface area contributed by atoms with Gasteiger partial charge in [-0.25, -0.2) is 0 Å². The maximum absolute atomic E-state index is 9.25. The minimum absolute atomic E-state index is 0.298. The highest BCUT2D eigenvalue weighted by Crippen LogP contribution is 2.26. The highest BCUT2D eigenvalue weighted by Gasteiger charge is 2.26. The fourth-order valence-corrected chi connectivity index (χ4v) is 2.56. The topological polar surface area (TPSA) is 35.8 Å². The van der Waals surface area contributed by atoms with Crippen molar-refractivity contribution in [3.8, 4) is 6.07 Å². The highest BCUT2D eigenvalue weighted by atomic mass is 32.2. The lowest BCUT2D eigenvalue weighted by atomic mass is 9.92. The van der Waals surface area contributed by atoms with E-state index in [0.717, 1.165) is 31.6 Å². The van der Waals surface area contributed by atoms with E-state index in [0.29, 0.717) is 4.75 Å². The van der Waals surface area contributed by atoms with Crippen LogP contribution in [0.3, 0.4) is 0 Å². The lowest BCUT2D eigenvalue weighted by Gasteiger charge is -2.26. The van der Waals surface area contributed by atoms with E-state index in [4.69, 9.17) is 0 Å². The number of nitriles is 1. The van der Waals surface area contributed by atoms with Gasteiger partial charge in [-0.3, -0.25) is 5.32 Å². The first kappa shape index (κ1) is 15.8. The Balaban J connectivity index is 4.00. The zero-order valence-corrected chi connectivity index (χ0v) is 12.2. The second-order valence-electron chi connectivity index (χ2n) is 5.14. The summed E-state index contributed by atoms with van der Waals surface area (Å²) < 4.78 is 0.333. The second-order valence-corrected chi connectivity index (χ2v) is 7.06. The van der Waals surface area contributed by atoms with Crippen molar-refractivity contribution in [1.29, 1.82) is 5.26 Å². The van der Waals surface area contributed by atoms with Gasteiger partial charge in [-0.15, -0.1) is 0 Å². The summed E-state index contributed by atoms with van der Waals surface area (Å²) in [5, 5.41) is 12.6. The van der Waals surface area contributed by atoms with Gasteiger partial charge < -0.3 is 0 Å². The molecule has 0 aromatic carbocycles. The quantitative estimate of drug-likeness (QED) is 0.693. The largest absolute Gasteiger partial charge is 0.300 e. The van der Waals surface area contributed by atoms with Crippen LogP contribution in [0.2, 0.25) is 0 Å². The van der Waals surface area contributed by atoms with E-state index >= 15 is 0 Å². The summed E-state index contributed by atoms with van der Waals surface area (Å²) in [6.45, 7) is 11.7. The zero-order valence-electron chi connectivity index (χ0n) is 11.4. The van der Waals surface area contributed by atoms with Gasteiger partial charge in [0.05, 0.1) is 6.07 Å². The van der Waals surface area contributed by atoms with E-state index in [1.165, 1.54) is 0 Å². The minimum Gasteiger partial charge on any atom is -0.300 e. The van der Waals surface area contributed by atoms with Crippen LogP contribution in [0.15, 0.2) is 0 Å². The summed E-state index contributed by atoms with van der Waals surface area (Å²) in [5.74, 6) is 1.14. The third kappa shape index (κ3) is 6.40. The van der Waals surface area contributed by atoms with Crippen molar-refractivity contribution in [2.45, 2.75) is 64.2 Å². The van der Waals surface area contributed by atoms with E-state index in [1.807, 2.05) is 11.8 Å². The number of hydrogen-bond acceptors (Lipinski definition) is 3. The molecule has 0 heterocycles. The van der Waals surface area contributed by atoms with Crippen molar-refractivity contribution in [2.75, 3.05) is 12.3 Å². The molecule has 1 N–H and O–H groups in total. The van der Waals surface area contributed by atoms with Crippen molar-refractivity contribution >= 4 is 11.8 Å². The molecule has 94 valence electrons. The predicted molar refractivity (Wildman–Crippen MR) is 73.8 cm³/mol. The van der Waals surface area contributed by atoms with Gasteiger partial charge in [0.15, 0.2) is 0 Å². The third-order valence-corrected chi connectivity index (χ3v) is 3.97. The van der Waals surface area contributed by atoms with Crippen LogP contribution in [-0.2, 0) is 0 Å². The average Bonchev–Trinajstić information content (AvgIpc) is 2.21. The Morgan fingerprint density at radius 2 is 1.88 bits per heavy atom. The Hall–Kier alpha value is -0.200. The van der Waals surface area contributed by atoms with E-state index in [9.17, 15) is 5.26 Å². The molecule has 0 saturated carbocycles. The molecule has 0 bridgehead atoms. The lowest BCUT2D eigenvalue weighted by Crippen LogP contribution is -2.43. The number of hydrogen-bond donors (Lipinski definition) is 1. The van der Waals surface area contributed by atoms with Gasteiger partial charge >= 0.3 is 0 Å². The molecule has 0 rings (SSSR count). The summed E-state index contributed by atoms with van der Waals surface area (Å²) >= 11 is 1.98. The van der Waals surface area contributed by atoms with Gasteiger partial charge in [0.2, 0.25) is 0 Å². The smallest absolute Gasteiger partial charge is 0.106 e. The molecule has 0 spiro atoms. The van der Waals surface area contributed by atoms with Crippen LogP contribution in [0.4, 0.5) is 0 Å². The van der Waals surface area contributed by atoms with Crippen molar-refractivity contribution in [2.24, 2.45) is 0 Å². The Morgan fingerprint density at radius 3 is 2.25 bits per heavy atom. The number of nitrogens with one attached hydrogen (secondary N) is 1. The fourth-order valence-electron chi connectivity index (χ4n) is 1.66. The molecule has 3 heteroatoms. The van der Waals surface area contributed by atoms with Crippen LogP contribution >= 0.6 is 11.8 Å². The second kappa shape index (κ2) is 7.19. The van der Waals surface area contributed by atoms with Gasteiger partial charge in [-0.2, -0.15) is 17.0 Å². The summed E-state index contributed by atoms with van der Waals surface area (Å²) in [4.78, 5) is 0. The molecule has 1 unspecified atom stereocenters. The number of thioether (sulfide) groups is 1. The Morgan fingerprint density at radius 1 is 1.25 bits per heavy atom. The molecular formula is C13H26N2S. The van der Waals surface area contributed by atoms with Crippen LogP contribution < -0.4 is 5.32 Å². The molecule has 0 aliphatic heterocycles. The predicted octanol–water partition coefficient (Wildman–Crippen LogP) is 3.58. The Labute approximate surface area is 105 Å². The van der Waals surface area contributed by atoms with Gasteiger partial charge in [0.1, 0.15) is 5.54 Å². The lowest BCUT2D eigenvalue weighted by molar-refractivity contribution is 0.379. The maximum Gasteiger partial charge on any atom is 0.106 e. The van der Waals surface area contributed by atoms with E-state index in [-0.39, 0.29) is 5.54 Å². The van der Waals surface area contributed by atoms with Crippen molar-refractivity contribution < 1.29 is 0 Å².